The Hall–Kier alpha value is -3.93. The van der Waals surface area contributed by atoms with Crippen molar-refractivity contribution in [1.82, 2.24) is 4.98 Å². The lowest BCUT2D eigenvalue weighted by Crippen LogP contribution is -2.03. The van der Waals surface area contributed by atoms with E-state index < -0.39 is 11.6 Å². The Morgan fingerprint density at radius 2 is 1.72 bits per heavy atom. The third-order valence-corrected chi connectivity index (χ3v) is 4.27. The lowest BCUT2D eigenvalue weighted by atomic mass is 10.1. The molecule has 0 amide bonds. The number of anilines is 1. The molecule has 4 nitrogen and oxygen atoms in total. The molecule has 0 aliphatic rings. The molecular weight excluding hydrogens is 372 g/mol. The summed E-state index contributed by atoms with van der Waals surface area (Å²) < 4.78 is 32.3. The van der Waals surface area contributed by atoms with E-state index in [4.69, 9.17) is 10.5 Å². The second-order valence-corrected chi connectivity index (χ2v) is 6.31. The standard InChI is InChI=1S/C23H17F2N3O/c24-18-11-9-15(13-19(18)25)27-14-20(26)22-12-10-17-21(28-22)7-4-8-23(17)29-16-5-2-1-3-6-16/h1-14,27H,26H2/b20-14-. The third-order valence-electron chi connectivity index (χ3n) is 4.27. The van der Waals surface area contributed by atoms with Gasteiger partial charge in [-0.25, -0.2) is 13.8 Å². The maximum Gasteiger partial charge on any atom is 0.160 e. The second-order valence-electron chi connectivity index (χ2n) is 6.31. The summed E-state index contributed by atoms with van der Waals surface area (Å²) in [4.78, 5) is 4.57. The molecule has 144 valence electrons. The molecule has 1 heterocycles. The van der Waals surface area contributed by atoms with Crippen LogP contribution in [0.4, 0.5) is 14.5 Å². The number of nitrogens with two attached hydrogens (primary N) is 1. The first-order chi connectivity index (χ1) is 14.1. The average Bonchev–Trinajstić information content (AvgIpc) is 2.75. The fourth-order valence-electron chi connectivity index (χ4n) is 2.81. The lowest BCUT2D eigenvalue weighted by molar-refractivity contribution is 0.488. The van der Waals surface area contributed by atoms with Crippen LogP contribution in [0.2, 0.25) is 0 Å². The maximum atomic E-state index is 13.3. The molecule has 0 unspecified atom stereocenters. The fourth-order valence-corrected chi connectivity index (χ4v) is 2.81. The van der Waals surface area contributed by atoms with Crippen molar-refractivity contribution in [2.45, 2.75) is 0 Å². The molecule has 4 aromatic rings. The van der Waals surface area contributed by atoms with Gasteiger partial charge in [-0.05, 0) is 48.5 Å². The van der Waals surface area contributed by atoms with E-state index in [0.29, 0.717) is 22.8 Å². The van der Waals surface area contributed by atoms with Crippen LogP contribution in [0.3, 0.4) is 0 Å². The molecule has 4 rings (SSSR count). The van der Waals surface area contributed by atoms with Crippen molar-refractivity contribution in [3.05, 3.63) is 102 Å². The topological polar surface area (TPSA) is 60.2 Å². The Balaban J connectivity index is 1.59. The molecule has 0 radical (unpaired) electrons. The maximum absolute atomic E-state index is 13.3. The Bertz CT molecular complexity index is 1190. The Morgan fingerprint density at radius 1 is 0.897 bits per heavy atom. The highest BCUT2D eigenvalue weighted by Gasteiger charge is 2.07. The van der Waals surface area contributed by atoms with Crippen LogP contribution in [0.25, 0.3) is 16.6 Å². The highest BCUT2D eigenvalue weighted by molar-refractivity contribution is 5.86. The van der Waals surface area contributed by atoms with Crippen LogP contribution in [0.15, 0.2) is 85.1 Å². The number of fused-ring (bicyclic) bond motifs is 1. The molecule has 0 bridgehead atoms. The van der Waals surface area contributed by atoms with Gasteiger partial charge in [0.2, 0.25) is 0 Å². The van der Waals surface area contributed by atoms with Gasteiger partial charge in [0.25, 0.3) is 0 Å². The van der Waals surface area contributed by atoms with E-state index in [9.17, 15) is 8.78 Å². The van der Waals surface area contributed by atoms with Crippen LogP contribution in [-0.4, -0.2) is 4.98 Å². The first-order valence-electron chi connectivity index (χ1n) is 8.90. The Labute approximate surface area is 166 Å². The van der Waals surface area contributed by atoms with Crippen LogP contribution >= 0.6 is 0 Å². The molecule has 0 saturated carbocycles. The minimum Gasteiger partial charge on any atom is -0.457 e. The number of aromatic nitrogens is 1. The van der Waals surface area contributed by atoms with E-state index >= 15 is 0 Å². The number of hydrogen-bond acceptors (Lipinski definition) is 4. The zero-order valence-electron chi connectivity index (χ0n) is 15.3. The highest BCUT2D eigenvalue weighted by atomic mass is 19.2. The summed E-state index contributed by atoms with van der Waals surface area (Å²) >= 11 is 0. The monoisotopic (exact) mass is 389 g/mol. The average molecular weight is 389 g/mol. The number of nitrogens with one attached hydrogen (secondary N) is 1. The van der Waals surface area contributed by atoms with Crippen molar-refractivity contribution >= 4 is 22.3 Å². The summed E-state index contributed by atoms with van der Waals surface area (Å²) in [6.07, 6.45) is 1.49. The van der Waals surface area contributed by atoms with Gasteiger partial charge in [-0.2, -0.15) is 0 Å². The van der Waals surface area contributed by atoms with Crippen LogP contribution in [0.1, 0.15) is 5.69 Å². The number of para-hydroxylation sites is 1. The smallest absolute Gasteiger partial charge is 0.160 e. The van der Waals surface area contributed by atoms with Gasteiger partial charge in [0.05, 0.1) is 16.9 Å². The molecule has 0 atom stereocenters. The predicted molar refractivity (Wildman–Crippen MR) is 110 cm³/mol. The number of pyridine rings is 1. The second kappa shape index (κ2) is 7.98. The Morgan fingerprint density at radius 3 is 2.52 bits per heavy atom. The van der Waals surface area contributed by atoms with Gasteiger partial charge in [-0.1, -0.05) is 24.3 Å². The highest BCUT2D eigenvalue weighted by Crippen LogP contribution is 2.29. The van der Waals surface area contributed by atoms with Crippen molar-refractivity contribution in [3.8, 4) is 11.5 Å². The molecule has 0 aliphatic carbocycles. The van der Waals surface area contributed by atoms with Crippen LogP contribution < -0.4 is 15.8 Å². The zero-order chi connectivity index (χ0) is 20.2. The number of nitrogens with zero attached hydrogens (tertiary/aromatic N) is 1. The van der Waals surface area contributed by atoms with Crippen LogP contribution in [-0.2, 0) is 0 Å². The number of halogens is 2. The van der Waals surface area contributed by atoms with Crippen LogP contribution in [0.5, 0.6) is 11.5 Å². The van der Waals surface area contributed by atoms with E-state index in [1.165, 1.54) is 12.3 Å². The van der Waals surface area contributed by atoms with Crippen molar-refractivity contribution in [2.24, 2.45) is 5.73 Å². The first kappa shape index (κ1) is 18.4. The van der Waals surface area contributed by atoms with Crippen molar-refractivity contribution in [3.63, 3.8) is 0 Å². The molecule has 1 aromatic heterocycles. The van der Waals surface area contributed by atoms with Gasteiger partial charge >= 0.3 is 0 Å². The molecule has 3 aromatic carbocycles. The largest absolute Gasteiger partial charge is 0.457 e. The molecule has 6 heteroatoms. The van der Waals surface area contributed by atoms with Crippen molar-refractivity contribution in [1.29, 1.82) is 0 Å². The first-order valence-corrected chi connectivity index (χ1v) is 8.90. The van der Waals surface area contributed by atoms with Crippen LogP contribution in [0, 0.1) is 11.6 Å². The molecule has 0 fully saturated rings. The van der Waals surface area contributed by atoms with E-state index in [1.54, 1.807) is 6.07 Å². The summed E-state index contributed by atoms with van der Waals surface area (Å²) in [5.41, 5.74) is 8.10. The van der Waals surface area contributed by atoms with Gasteiger partial charge in [0, 0.05) is 23.3 Å². The number of rotatable bonds is 5. The SMILES string of the molecule is N/C(=C\Nc1ccc(F)c(F)c1)c1ccc2c(Oc3ccccc3)cccc2n1. The quantitative estimate of drug-likeness (QED) is 0.461. The van der Waals surface area contributed by atoms with E-state index in [2.05, 4.69) is 10.3 Å². The van der Waals surface area contributed by atoms with Gasteiger partial charge in [-0.3, -0.25) is 0 Å². The number of hydrogen-bond donors (Lipinski definition) is 2. The van der Waals surface area contributed by atoms with E-state index in [0.717, 1.165) is 28.8 Å². The summed E-state index contributed by atoms with van der Waals surface area (Å²) in [7, 11) is 0. The fraction of sp³-hybridized carbons (Fsp3) is 0. The third kappa shape index (κ3) is 4.16. The molecule has 29 heavy (non-hydrogen) atoms. The number of benzene rings is 3. The molecule has 3 N–H and O–H groups in total. The van der Waals surface area contributed by atoms with Gasteiger partial charge in [-0.15, -0.1) is 0 Å². The molecule has 0 aliphatic heterocycles. The minimum absolute atomic E-state index is 0.353. The van der Waals surface area contributed by atoms with Gasteiger partial charge in [0.15, 0.2) is 11.6 Å². The molecule has 0 saturated heterocycles. The van der Waals surface area contributed by atoms with Gasteiger partial charge < -0.3 is 15.8 Å². The van der Waals surface area contributed by atoms with E-state index in [1.807, 2.05) is 54.6 Å². The predicted octanol–water partition coefficient (Wildman–Crippen LogP) is 5.67. The lowest BCUT2D eigenvalue weighted by Gasteiger charge is -2.10. The van der Waals surface area contributed by atoms with E-state index in [-0.39, 0.29) is 0 Å². The molecular formula is C23H17F2N3O. The van der Waals surface area contributed by atoms with Crippen molar-refractivity contribution < 1.29 is 13.5 Å². The number of ether oxygens (including phenoxy) is 1. The van der Waals surface area contributed by atoms with Crippen molar-refractivity contribution in [2.75, 3.05) is 5.32 Å². The van der Waals surface area contributed by atoms with Gasteiger partial charge in [0.1, 0.15) is 11.5 Å². The zero-order valence-corrected chi connectivity index (χ0v) is 15.3. The Kier molecular flexibility index (Phi) is 5.07. The normalized spacial score (nSPS) is 11.4. The summed E-state index contributed by atoms with van der Waals surface area (Å²) in [5, 5.41) is 3.69. The summed E-state index contributed by atoms with van der Waals surface area (Å²) in [5.74, 6) is -0.414. The summed E-state index contributed by atoms with van der Waals surface area (Å²) in [6.45, 7) is 0. The minimum atomic E-state index is -0.934. The molecule has 0 spiro atoms. The summed E-state index contributed by atoms with van der Waals surface area (Å²) in [6, 6.07) is 22.3.